The lowest BCUT2D eigenvalue weighted by molar-refractivity contribution is -0.118. The molecule has 8 heteroatoms. The predicted molar refractivity (Wildman–Crippen MR) is 129 cm³/mol. The van der Waals surface area contributed by atoms with Crippen LogP contribution in [0.5, 0.6) is 0 Å². The number of halogens is 1. The van der Waals surface area contributed by atoms with Crippen molar-refractivity contribution in [3.05, 3.63) is 89.2 Å². The van der Waals surface area contributed by atoms with E-state index in [1.807, 2.05) is 55.5 Å². The fraction of sp³-hybridized carbons (Fsp3) is 0.222. The van der Waals surface area contributed by atoms with Crippen molar-refractivity contribution in [2.24, 2.45) is 0 Å². The highest BCUT2D eigenvalue weighted by Gasteiger charge is 2.30. The number of carbonyl (C=O) groups is 3. The lowest BCUT2D eigenvalue weighted by Gasteiger charge is -2.20. The molecule has 0 radical (unpaired) electrons. The van der Waals surface area contributed by atoms with Crippen molar-refractivity contribution in [3.8, 4) is 11.1 Å². The molecule has 3 aromatic carbocycles. The molecule has 0 fully saturated rings. The molecule has 180 valence electrons. The van der Waals surface area contributed by atoms with Crippen LogP contribution < -0.4 is 10.6 Å². The lowest BCUT2D eigenvalue weighted by atomic mass is 9.98. The van der Waals surface area contributed by atoms with E-state index in [2.05, 4.69) is 10.6 Å². The van der Waals surface area contributed by atoms with Crippen LogP contribution >= 0.6 is 0 Å². The molecule has 7 nitrogen and oxygen atoms in total. The van der Waals surface area contributed by atoms with Gasteiger partial charge in [-0.05, 0) is 40.8 Å². The summed E-state index contributed by atoms with van der Waals surface area (Å²) in [4.78, 5) is 36.8. The van der Waals surface area contributed by atoms with Crippen molar-refractivity contribution < 1.29 is 28.6 Å². The van der Waals surface area contributed by atoms with Gasteiger partial charge in [-0.25, -0.2) is 14.0 Å². The molecule has 1 atom stereocenters. The Morgan fingerprint density at radius 3 is 2.20 bits per heavy atom. The number of carboxylic acids is 1. The smallest absolute Gasteiger partial charge is 0.407 e. The third-order valence-corrected chi connectivity index (χ3v) is 6.01. The second-order valence-corrected chi connectivity index (χ2v) is 8.27. The zero-order chi connectivity index (χ0) is 24.9. The van der Waals surface area contributed by atoms with Crippen LogP contribution in [0.4, 0.5) is 14.9 Å². The van der Waals surface area contributed by atoms with Crippen LogP contribution in [0, 0.1) is 5.82 Å². The van der Waals surface area contributed by atoms with Crippen LogP contribution in [0.2, 0.25) is 0 Å². The molecular formula is C27H25FN2O5. The molecule has 0 saturated heterocycles. The summed E-state index contributed by atoms with van der Waals surface area (Å²) in [5.41, 5.74) is 3.51. The number of benzene rings is 3. The van der Waals surface area contributed by atoms with Crippen molar-refractivity contribution in [1.29, 1.82) is 0 Å². The zero-order valence-electron chi connectivity index (χ0n) is 19.1. The van der Waals surface area contributed by atoms with Gasteiger partial charge in [-0.1, -0.05) is 67.9 Å². The molecule has 0 unspecified atom stereocenters. The Hall–Kier alpha value is -4.20. The minimum Gasteiger partial charge on any atom is -0.478 e. The van der Waals surface area contributed by atoms with E-state index in [9.17, 15) is 23.9 Å². The van der Waals surface area contributed by atoms with Gasteiger partial charge in [-0.2, -0.15) is 0 Å². The maximum absolute atomic E-state index is 13.9. The number of hydrogen-bond donors (Lipinski definition) is 3. The van der Waals surface area contributed by atoms with E-state index in [4.69, 9.17) is 4.74 Å². The van der Waals surface area contributed by atoms with Crippen LogP contribution in [0.1, 0.15) is 47.2 Å². The quantitative estimate of drug-likeness (QED) is 0.416. The maximum atomic E-state index is 13.9. The molecule has 3 aromatic rings. The molecule has 1 aliphatic rings. The average molecular weight is 477 g/mol. The maximum Gasteiger partial charge on any atom is 0.407 e. The number of anilines is 1. The SMILES string of the molecule is CCC[C@H](NC(=O)OCC1c2ccccc2-c2ccccc21)C(=O)Nc1cccc(F)c1C(=O)O. The van der Waals surface area contributed by atoms with Gasteiger partial charge >= 0.3 is 12.1 Å². The van der Waals surface area contributed by atoms with Gasteiger partial charge in [-0.15, -0.1) is 0 Å². The standard InChI is InChI=1S/C27H25FN2O5/c1-2-8-23(25(31)29-22-14-7-13-21(28)24(22)26(32)33)30-27(34)35-15-20-18-11-5-3-9-16(18)17-10-4-6-12-19(17)20/h3-7,9-14,20,23H,2,8,15H2,1H3,(H,29,31)(H,30,34)(H,32,33)/t23-/m0/s1. The van der Waals surface area contributed by atoms with Crippen molar-refractivity contribution in [1.82, 2.24) is 5.32 Å². The number of alkyl carbamates (subject to hydrolysis) is 1. The highest BCUT2D eigenvalue weighted by Crippen LogP contribution is 2.44. The summed E-state index contributed by atoms with van der Waals surface area (Å²) >= 11 is 0. The van der Waals surface area contributed by atoms with Crippen LogP contribution in [0.15, 0.2) is 66.7 Å². The Kier molecular flexibility index (Phi) is 7.10. The van der Waals surface area contributed by atoms with Crippen LogP contribution in [-0.4, -0.2) is 35.7 Å². The van der Waals surface area contributed by atoms with Gasteiger partial charge in [0.05, 0.1) is 5.69 Å². The highest BCUT2D eigenvalue weighted by atomic mass is 19.1. The number of hydrogen-bond acceptors (Lipinski definition) is 4. The molecule has 1 aliphatic carbocycles. The van der Waals surface area contributed by atoms with Crippen molar-refractivity contribution in [2.75, 3.05) is 11.9 Å². The van der Waals surface area contributed by atoms with E-state index in [-0.39, 0.29) is 24.6 Å². The second-order valence-electron chi connectivity index (χ2n) is 8.27. The molecule has 4 rings (SSSR count). The Morgan fingerprint density at radius 1 is 0.971 bits per heavy atom. The first-order chi connectivity index (χ1) is 16.9. The summed E-state index contributed by atoms with van der Waals surface area (Å²) in [6, 6.07) is 18.5. The van der Waals surface area contributed by atoms with Gasteiger partial charge in [0.15, 0.2) is 0 Å². The predicted octanol–water partition coefficient (Wildman–Crippen LogP) is 5.17. The monoisotopic (exact) mass is 476 g/mol. The summed E-state index contributed by atoms with van der Waals surface area (Å²) in [6.07, 6.45) is 0.0860. The molecular weight excluding hydrogens is 451 g/mol. The summed E-state index contributed by atoms with van der Waals surface area (Å²) in [7, 11) is 0. The molecule has 0 bridgehead atoms. The number of amides is 2. The van der Waals surface area contributed by atoms with E-state index in [0.717, 1.165) is 28.3 Å². The van der Waals surface area contributed by atoms with Crippen LogP contribution in [-0.2, 0) is 9.53 Å². The minimum atomic E-state index is -1.50. The zero-order valence-corrected chi connectivity index (χ0v) is 19.1. The molecule has 3 N–H and O–H groups in total. The van der Waals surface area contributed by atoms with Crippen molar-refractivity contribution >= 4 is 23.7 Å². The number of ether oxygens (including phenoxy) is 1. The first-order valence-corrected chi connectivity index (χ1v) is 11.3. The number of nitrogens with one attached hydrogen (secondary N) is 2. The lowest BCUT2D eigenvalue weighted by Crippen LogP contribution is -2.44. The van der Waals surface area contributed by atoms with Crippen molar-refractivity contribution in [2.45, 2.75) is 31.7 Å². The summed E-state index contributed by atoms with van der Waals surface area (Å²) < 4.78 is 19.5. The average Bonchev–Trinajstić information content (AvgIpc) is 3.16. The molecule has 35 heavy (non-hydrogen) atoms. The van der Waals surface area contributed by atoms with E-state index in [0.29, 0.717) is 6.42 Å². The fourth-order valence-electron chi connectivity index (χ4n) is 4.41. The Morgan fingerprint density at radius 2 is 1.60 bits per heavy atom. The minimum absolute atomic E-state index is 0.0907. The third-order valence-electron chi connectivity index (χ3n) is 6.01. The first-order valence-electron chi connectivity index (χ1n) is 11.3. The van der Waals surface area contributed by atoms with E-state index in [1.54, 1.807) is 0 Å². The van der Waals surface area contributed by atoms with Crippen molar-refractivity contribution in [3.63, 3.8) is 0 Å². The highest BCUT2D eigenvalue weighted by molar-refractivity contribution is 6.03. The number of rotatable bonds is 8. The largest absolute Gasteiger partial charge is 0.478 e. The normalized spacial score (nSPS) is 12.9. The number of aromatic carboxylic acids is 1. The topological polar surface area (TPSA) is 105 Å². The van der Waals surface area contributed by atoms with E-state index in [1.165, 1.54) is 12.1 Å². The Bertz CT molecular complexity index is 1230. The molecule has 0 saturated carbocycles. The van der Waals surface area contributed by atoms with Gasteiger partial charge in [-0.3, -0.25) is 4.79 Å². The Labute approximate surface area is 201 Å². The molecule has 0 aromatic heterocycles. The van der Waals surface area contributed by atoms with Crippen LogP contribution in [0.3, 0.4) is 0 Å². The molecule has 0 spiro atoms. The fourth-order valence-corrected chi connectivity index (χ4v) is 4.41. The van der Waals surface area contributed by atoms with Gasteiger partial charge < -0.3 is 20.5 Å². The second kappa shape index (κ2) is 10.4. The molecule has 0 aliphatic heterocycles. The first kappa shape index (κ1) is 23.9. The molecule has 0 heterocycles. The number of carboxylic acid groups (broad SMARTS) is 1. The summed E-state index contributed by atoms with van der Waals surface area (Å²) in [6.45, 7) is 1.93. The third kappa shape index (κ3) is 5.01. The van der Waals surface area contributed by atoms with Gasteiger partial charge in [0.25, 0.3) is 0 Å². The number of fused-ring (bicyclic) bond motifs is 3. The van der Waals surface area contributed by atoms with Gasteiger partial charge in [0.1, 0.15) is 24.0 Å². The van der Waals surface area contributed by atoms with E-state index < -0.39 is 35.4 Å². The number of carbonyl (C=O) groups excluding carboxylic acids is 2. The van der Waals surface area contributed by atoms with Gasteiger partial charge in [0.2, 0.25) is 5.91 Å². The van der Waals surface area contributed by atoms with E-state index >= 15 is 0 Å². The van der Waals surface area contributed by atoms with Gasteiger partial charge in [0, 0.05) is 5.92 Å². The summed E-state index contributed by atoms with van der Waals surface area (Å²) in [5, 5.41) is 14.3. The Balaban J connectivity index is 1.43. The molecule has 2 amide bonds. The summed E-state index contributed by atoms with van der Waals surface area (Å²) in [5.74, 6) is -3.26. The van der Waals surface area contributed by atoms with Crippen LogP contribution in [0.25, 0.3) is 11.1 Å².